The highest BCUT2D eigenvalue weighted by Gasteiger charge is 2.43. The van der Waals surface area contributed by atoms with Crippen LogP contribution in [0.3, 0.4) is 0 Å². The van der Waals surface area contributed by atoms with E-state index in [2.05, 4.69) is 70.0 Å². The second-order valence-corrected chi connectivity index (χ2v) is 11.2. The molecule has 0 aliphatic heterocycles. The molecule has 0 aliphatic rings. The van der Waals surface area contributed by atoms with Crippen molar-refractivity contribution in [2.45, 2.75) is 45.6 Å². The number of fused-ring (bicyclic) bond motifs is 1. The van der Waals surface area contributed by atoms with Crippen molar-refractivity contribution in [3.8, 4) is 5.88 Å². The van der Waals surface area contributed by atoms with Gasteiger partial charge in [-0.2, -0.15) is 0 Å². The molecule has 0 saturated heterocycles. The van der Waals surface area contributed by atoms with Crippen molar-refractivity contribution in [3.63, 3.8) is 0 Å². The molecule has 2 aromatic heterocycles. The average Bonchev–Trinajstić information content (AvgIpc) is 2.84. The second-order valence-electron chi connectivity index (χ2n) is 10.3. The van der Waals surface area contributed by atoms with Crippen molar-refractivity contribution < 1.29 is 9.84 Å². The maximum atomic E-state index is 13.0. The minimum absolute atomic E-state index is 0.431. The molecule has 0 bridgehead atoms. The van der Waals surface area contributed by atoms with E-state index in [4.69, 9.17) is 9.72 Å². The van der Waals surface area contributed by atoms with Gasteiger partial charge in [0.15, 0.2) is 0 Å². The van der Waals surface area contributed by atoms with Crippen molar-refractivity contribution in [2.75, 3.05) is 27.7 Å². The van der Waals surface area contributed by atoms with Gasteiger partial charge in [0.2, 0.25) is 5.88 Å². The lowest BCUT2D eigenvalue weighted by molar-refractivity contribution is 0.00343. The Morgan fingerprint density at radius 3 is 2.30 bits per heavy atom. The van der Waals surface area contributed by atoms with Gasteiger partial charge in [-0.05, 0) is 107 Å². The van der Waals surface area contributed by atoms with Gasteiger partial charge in [-0.1, -0.05) is 34.1 Å². The lowest BCUT2D eigenvalue weighted by atomic mass is 9.70. The Bertz CT molecular complexity index is 1420. The molecule has 0 amide bonds. The predicted octanol–water partition coefficient (Wildman–Crippen LogP) is 6.61. The minimum atomic E-state index is -1.25. The highest BCUT2D eigenvalue weighted by molar-refractivity contribution is 9.10. The third kappa shape index (κ3) is 5.57. The number of nitrogens with zero attached hydrogens (tertiary/aromatic N) is 3. The van der Waals surface area contributed by atoms with Crippen LogP contribution in [0.4, 0.5) is 0 Å². The van der Waals surface area contributed by atoms with Crippen LogP contribution in [-0.2, 0) is 5.60 Å². The van der Waals surface area contributed by atoms with E-state index in [-0.39, 0.29) is 0 Å². The fourth-order valence-corrected chi connectivity index (χ4v) is 5.60. The van der Waals surface area contributed by atoms with Crippen LogP contribution in [0, 0.1) is 27.7 Å². The molecule has 0 fully saturated rings. The van der Waals surface area contributed by atoms with E-state index in [1.165, 1.54) is 5.56 Å². The molecule has 4 aromatic rings. The summed E-state index contributed by atoms with van der Waals surface area (Å²) in [7, 11) is 5.72. The van der Waals surface area contributed by atoms with Gasteiger partial charge in [0.05, 0.1) is 12.6 Å². The fraction of sp³-hybridized carbons (Fsp3) is 0.355. The highest BCUT2D eigenvalue weighted by Crippen LogP contribution is 2.48. The smallest absolute Gasteiger partial charge is 0.217 e. The largest absolute Gasteiger partial charge is 0.481 e. The number of methoxy groups -OCH3 is 1. The summed E-state index contributed by atoms with van der Waals surface area (Å²) in [6.45, 7) is 8.90. The van der Waals surface area contributed by atoms with Gasteiger partial charge in [0.25, 0.3) is 0 Å². The standard InChI is InChI=1S/C31H36BrN3O2/c1-19-9-8-10-26(22(19)4)29(27-18-23-17-25(32)11-12-28(23)34-30(27)37-7)31(36,13-14-35(5)6)24-15-20(2)33-21(3)16-24/h8-12,15-18,29,36H,13-14H2,1-7H3. The number of aromatic nitrogens is 2. The van der Waals surface area contributed by atoms with Crippen LogP contribution in [0.15, 0.2) is 59.1 Å². The van der Waals surface area contributed by atoms with Crippen molar-refractivity contribution in [1.82, 2.24) is 14.9 Å². The van der Waals surface area contributed by atoms with Crippen LogP contribution in [0.2, 0.25) is 0 Å². The summed E-state index contributed by atoms with van der Waals surface area (Å²) in [5.41, 5.74) is 6.44. The zero-order valence-corrected chi connectivity index (χ0v) is 24.3. The van der Waals surface area contributed by atoms with Gasteiger partial charge in [-0.3, -0.25) is 4.98 Å². The number of benzene rings is 2. The molecule has 194 valence electrons. The maximum absolute atomic E-state index is 13.0. The normalized spacial score (nSPS) is 14.1. The summed E-state index contributed by atoms with van der Waals surface area (Å²) < 4.78 is 6.88. The summed E-state index contributed by atoms with van der Waals surface area (Å²) >= 11 is 3.61. The average molecular weight is 563 g/mol. The number of ether oxygens (including phenoxy) is 1. The van der Waals surface area contributed by atoms with Gasteiger partial charge in [-0.15, -0.1) is 0 Å². The summed E-state index contributed by atoms with van der Waals surface area (Å²) in [5, 5.41) is 13.9. The van der Waals surface area contributed by atoms with Crippen molar-refractivity contribution >= 4 is 26.8 Å². The number of rotatable bonds is 8. The van der Waals surface area contributed by atoms with Gasteiger partial charge in [0, 0.05) is 39.3 Å². The van der Waals surface area contributed by atoms with E-state index in [0.29, 0.717) is 18.8 Å². The van der Waals surface area contributed by atoms with Crippen LogP contribution in [-0.4, -0.2) is 47.7 Å². The van der Waals surface area contributed by atoms with Crippen LogP contribution in [0.1, 0.15) is 51.5 Å². The van der Waals surface area contributed by atoms with Crippen molar-refractivity contribution in [1.29, 1.82) is 0 Å². The lowest BCUT2D eigenvalue weighted by Crippen LogP contribution is -2.38. The first kappa shape index (κ1) is 27.2. The highest BCUT2D eigenvalue weighted by atomic mass is 79.9. The second kappa shape index (κ2) is 10.9. The maximum Gasteiger partial charge on any atom is 0.217 e. The molecule has 0 radical (unpaired) electrons. The Labute approximate surface area is 228 Å². The summed E-state index contributed by atoms with van der Waals surface area (Å²) in [5.74, 6) is 0.0888. The SMILES string of the molecule is COc1nc2ccc(Br)cc2cc1C(c1cccc(C)c1C)C(O)(CCN(C)C)c1cc(C)nc(C)c1. The zero-order chi connectivity index (χ0) is 26.9. The number of aliphatic hydroxyl groups is 1. The Hall–Kier alpha value is -2.80. The summed E-state index contributed by atoms with van der Waals surface area (Å²) in [6.07, 6.45) is 0.515. The first-order chi connectivity index (χ1) is 17.5. The van der Waals surface area contributed by atoms with Crippen LogP contribution < -0.4 is 4.74 Å². The molecule has 2 atom stereocenters. The molecule has 2 heterocycles. The summed E-state index contributed by atoms with van der Waals surface area (Å²) in [4.78, 5) is 11.6. The molecule has 0 saturated carbocycles. The van der Waals surface area contributed by atoms with Gasteiger partial charge < -0.3 is 14.7 Å². The van der Waals surface area contributed by atoms with Crippen molar-refractivity contribution in [3.05, 3.63) is 98.3 Å². The van der Waals surface area contributed by atoms with Gasteiger partial charge in [-0.25, -0.2) is 4.98 Å². The molecule has 2 unspecified atom stereocenters. The molecule has 6 heteroatoms. The molecule has 2 aromatic carbocycles. The number of hydrogen-bond donors (Lipinski definition) is 1. The monoisotopic (exact) mass is 561 g/mol. The Morgan fingerprint density at radius 2 is 1.65 bits per heavy atom. The molecule has 5 nitrogen and oxygen atoms in total. The molecular formula is C31H36BrN3O2. The number of hydrogen-bond acceptors (Lipinski definition) is 5. The van der Waals surface area contributed by atoms with Gasteiger partial charge >= 0.3 is 0 Å². The number of pyridine rings is 2. The molecule has 0 spiro atoms. The minimum Gasteiger partial charge on any atom is -0.481 e. The molecule has 37 heavy (non-hydrogen) atoms. The van der Waals surface area contributed by atoms with Crippen LogP contribution in [0.25, 0.3) is 10.9 Å². The topological polar surface area (TPSA) is 58.5 Å². The van der Waals surface area contributed by atoms with E-state index < -0.39 is 11.5 Å². The fourth-order valence-electron chi connectivity index (χ4n) is 5.22. The summed E-state index contributed by atoms with van der Waals surface area (Å²) in [6, 6.07) is 18.5. The number of halogens is 1. The molecule has 4 rings (SSSR count). The number of aryl methyl sites for hydroxylation is 3. The molecular weight excluding hydrogens is 526 g/mol. The van der Waals surface area contributed by atoms with Gasteiger partial charge in [0.1, 0.15) is 5.60 Å². The first-order valence-electron chi connectivity index (χ1n) is 12.6. The Kier molecular flexibility index (Phi) is 8.02. The van der Waals surface area contributed by atoms with Crippen molar-refractivity contribution in [2.24, 2.45) is 0 Å². The third-order valence-corrected chi connectivity index (χ3v) is 7.72. The third-order valence-electron chi connectivity index (χ3n) is 7.23. The van der Waals surface area contributed by atoms with E-state index in [9.17, 15) is 5.11 Å². The molecule has 0 aliphatic carbocycles. The zero-order valence-electron chi connectivity index (χ0n) is 22.8. The van der Waals surface area contributed by atoms with E-state index in [1.807, 2.05) is 52.2 Å². The molecule has 1 N–H and O–H groups in total. The van der Waals surface area contributed by atoms with E-state index in [1.54, 1.807) is 7.11 Å². The van der Waals surface area contributed by atoms with Crippen LogP contribution >= 0.6 is 15.9 Å². The van der Waals surface area contributed by atoms with Crippen LogP contribution in [0.5, 0.6) is 5.88 Å². The first-order valence-corrected chi connectivity index (χ1v) is 13.4. The van der Waals surface area contributed by atoms with E-state index in [0.717, 1.165) is 49.0 Å². The Morgan fingerprint density at radius 1 is 0.946 bits per heavy atom. The quantitative estimate of drug-likeness (QED) is 0.262. The Balaban J connectivity index is 2.10. The predicted molar refractivity (Wildman–Crippen MR) is 155 cm³/mol. The lowest BCUT2D eigenvalue weighted by Gasteiger charge is -2.40. The van der Waals surface area contributed by atoms with E-state index >= 15 is 0 Å².